The van der Waals surface area contributed by atoms with Crippen molar-refractivity contribution in [3.63, 3.8) is 0 Å². The number of nitrogens with one attached hydrogen (secondary N) is 3. The summed E-state index contributed by atoms with van der Waals surface area (Å²) in [5.74, 6) is -0.0274. The highest BCUT2D eigenvalue weighted by Crippen LogP contribution is 2.30. The number of hydrogen-bond acceptors (Lipinski definition) is 8. The van der Waals surface area contributed by atoms with Crippen molar-refractivity contribution in [3.05, 3.63) is 42.5 Å². The van der Waals surface area contributed by atoms with Crippen molar-refractivity contribution in [1.82, 2.24) is 15.3 Å². The Kier molecular flexibility index (Phi) is 10.4. The zero-order chi connectivity index (χ0) is 30.2. The van der Waals surface area contributed by atoms with Crippen LogP contribution in [0.25, 0.3) is 10.9 Å². The second-order valence-electron chi connectivity index (χ2n) is 9.45. The predicted octanol–water partition coefficient (Wildman–Crippen LogP) is 4.89. The molecular weight excluding hydrogens is 545 g/mol. The Morgan fingerprint density at radius 2 is 1.56 bits per heavy atom. The summed E-state index contributed by atoms with van der Waals surface area (Å²) in [6.45, 7) is 0. The van der Waals surface area contributed by atoms with E-state index in [2.05, 4.69) is 16.0 Å². The largest absolute Gasteiger partial charge is 0.493 e. The van der Waals surface area contributed by atoms with Crippen LogP contribution in [0.5, 0.6) is 11.5 Å². The molecule has 1 heterocycles. The topological polar surface area (TPSA) is 138 Å². The van der Waals surface area contributed by atoms with Gasteiger partial charge in [0.15, 0.2) is 11.5 Å². The van der Waals surface area contributed by atoms with Crippen LogP contribution in [0.3, 0.4) is 0 Å². The van der Waals surface area contributed by atoms with Gasteiger partial charge in [0.1, 0.15) is 5.82 Å². The third kappa shape index (κ3) is 8.75. The minimum atomic E-state index is -5.08. The van der Waals surface area contributed by atoms with E-state index >= 15 is 0 Å². The highest BCUT2D eigenvalue weighted by molar-refractivity contribution is 5.90. The summed E-state index contributed by atoms with van der Waals surface area (Å²) in [5.41, 5.74) is 1.57. The number of halogens is 3. The third-order valence-corrected chi connectivity index (χ3v) is 6.29. The second kappa shape index (κ2) is 13.7. The molecule has 0 spiro atoms. The second-order valence-corrected chi connectivity index (χ2v) is 9.45. The number of alkyl halides is 3. The molecule has 1 aromatic heterocycles. The molecule has 1 aliphatic carbocycles. The predicted molar refractivity (Wildman–Crippen MR) is 149 cm³/mol. The molecule has 1 fully saturated rings. The van der Waals surface area contributed by atoms with E-state index in [1.54, 1.807) is 32.4 Å². The van der Waals surface area contributed by atoms with E-state index in [4.69, 9.17) is 29.3 Å². The Morgan fingerprint density at radius 3 is 2.15 bits per heavy atom. The Labute approximate surface area is 235 Å². The van der Waals surface area contributed by atoms with Gasteiger partial charge in [0.05, 0.1) is 19.7 Å². The van der Waals surface area contributed by atoms with Crippen LogP contribution in [0.4, 0.5) is 35.4 Å². The molecule has 2 aromatic carbocycles. The van der Waals surface area contributed by atoms with Gasteiger partial charge in [0.2, 0.25) is 5.95 Å². The average molecular weight is 579 g/mol. The molecule has 1 saturated carbocycles. The minimum absolute atomic E-state index is 0.119. The highest BCUT2D eigenvalue weighted by Gasteiger charge is 2.38. The van der Waals surface area contributed by atoms with Crippen molar-refractivity contribution in [2.75, 3.05) is 43.8 Å². The molecule has 0 bridgehead atoms. The van der Waals surface area contributed by atoms with Gasteiger partial charge < -0.3 is 35.4 Å². The molecule has 4 N–H and O–H groups in total. The maximum Gasteiger partial charge on any atom is 0.490 e. The van der Waals surface area contributed by atoms with Crippen molar-refractivity contribution in [3.8, 4) is 11.5 Å². The van der Waals surface area contributed by atoms with Gasteiger partial charge in [-0.1, -0.05) is 12.1 Å². The van der Waals surface area contributed by atoms with Crippen LogP contribution in [-0.2, 0) is 4.79 Å². The monoisotopic (exact) mass is 578 g/mol. The van der Waals surface area contributed by atoms with Crippen LogP contribution >= 0.6 is 0 Å². The fraction of sp³-hybridized carbons (Fsp3) is 0.407. The number of para-hydroxylation sites is 1. The van der Waals surface area contributed by atoms with Crippen molar-refractivity contribution in [1.29, 1.82) is 0 Å². The Morgan fingerprint density at radius 1 is 0.951 bits per heavy atom. The molecule has 0 radical (unpaired) electrons. The number of urea groups is 1. The van der Waals surface area contributed by atoms with Gasteiger partial charge in [-0.3, -0.25) is 0 Å². The molecule has 0 aliphatic heterocycles. The zero-order valence-electron chi connectivity index (χ0n) is 23.1. The first kappa shape index (κ1) is 31.0. The van der Waals surface area contributed by atoms with E-state index in [9.17, 15) is 18.0 Å². The summed E-state index contributed by atoms with van der Waals surface area (Å²) in [5, 5.41) is 17.6. The number of nitrogens with zero attached hydrogens (tertiary/aromatic N) is 3. The third-order valence-electron chi connectivity index (χ3n) is 6.29. The quantitative estimate of drug-likeness (QED) is 0.309. The summed E-state index contributed by atoms with van der Waals surface area (Å²) >= 11 is 0. The minimum Gasteiger partial charge on any atom is -0.493 e. The fourth-order valence-corrected chi connectivity index (χ4v) is 4.30. The van der Waals surface area contributed by atoms with Gasteiger partial charge in [0.25, 0.3) is 0 Å². The number of amides is 2. The van der Waals surface area contributed by atoms with Crippen LogP contribution < -0.4 is 30.3 Å². The van der Waals surface area contributed by atoms with Crippen LogP contribution in [0.15, 0.2) is 42.5 Å². The van der Waals surface area contributed by atoms with Crippen molar-refractivity contribution in [2.45, 2.75) is 43.9 Å². The number of carbonyl (C=O) groups excluding carboxylic acids is 1. The number of anilines is 3. The first-order valence-electron chi connectivity index (χ1n) is 12.7. The van der Waals surface area contributed by atoms with E-state index in [-0.39, 0.29) is 18.1 Å². The molecule has 3 aromatic rings. The first-order chi connectivity index (χ1) is 19.4. The number of hydrogen-bond donors (Lipinski definition) is 4. The molecule has 222 valence electrons. The molecule has 1 aliphatic rings. The van der Waals surface area contributed by atoms with Gasteiger partial charge >= 0.3 is 18.2 Å². The number of aromatic nitrogens is 2. The molecule has 0 saturated heterocycles. The molecule has 11 nitrogen and oxygen atoms in total. The van der Waals surface area contributed by atoms with E-state index < -0.39 is 12.1 Å². The van der Waals surface area contributed by atoms with E-state index in [0.717, 1.165) is 42.4 Å². The van der Waals surface area contributed by atoms with Gasteiger partial charge in [-0.2, -0.15) is 18.2 Å². The van der Waals surface area contributed by atoms with Gasteiger partial charge in [-0.25, -0.2) is 14.6 Å². The molecule has 2 amide bonds. The van der Waals surface area contributed by atoms with E-state index in [0.29, 0.717) is 23.1 Å². The summed E-state index contributed by atoms with van der Waals surface area (Å²) < 4.78 is 42.3. The average Bonchev–Trinajstić information content (AvgIpc) is 2.93. The number of carboxylic acid groups (broad SMARTS) is 1. The summed E-state index contributed by atoms with van der Waals surface area (Å²) in [7, 11) is 7.12. The number of carboxylic acids is 1. The number of carbonyl (C=O) groups is 2. The van der Waals surface area contributed by atoms with Gasteiger partial charge in [-0.05, 0) is 49.9 Å². The Hall–Kier alpha value is -4.49. The number of aliphatic carboxylic acids is 1. The molecule has 0 atom stereocenters. The highest BCUT2D eigenvalue weighted by atomic mass is 19.4. The van der Waals surface area contributed by atoms with Gasteiger partial charge in [0, 0.05) is 43.3 Å². The normalized spacial score (nSPS) is 16.6. The van der Waals surface area contributed by atoms with Crippen molar-refractivity contribution in [2.24, 2.45) is 0 Å². The van der Waals surface area contributed by atoms with Crippen LogP contribution in [0.2, 0.25) is 0 Å². The lowest BCUT2D eigenvalue weighted by Gasteiger charge is -2.30. The number of ether oxygens (including phenoxy) is 2. The zero-order valence-corrected chi connectivity index (χ0v) is 23.1. The number of fused-ring (bicyclic) bond motifs is 1. The smallest absolute Gasteiger partial charge is 0.490 e. The Bertz CT molecular complexity index is 1350. The van der Waals surface area contributed by atoms with Crippen LogP contribution in [0.1, 0.15) is 25.7 Å². The molecule has 41 heavy (non-hydrogen) atoms. The van der Waals surface area contributed by atoms with E-state index in [1.807, 2.05) is 43.3 Å². The van der Waals surface area contributed by atoms with Crippen LogP contribution in [-0.4, -0.2) is 73.6 Å². The van der Waals surface area contributed by atoms with Crippen molar-refractivity contribution < 1.29 is 37.3 Å². The summed E-state index contributed by atoms with van der Waals surface area (Å²) in [6, 6.07) is 13.5. The number of rotatable bonds is 7. The van der Waals surface area contributed by atoms with Crippen molar-refractivity contribution >= 4 is 40.4 Å². The standard InChI is InChI=1S/C25H32N6O3.C2HF3O2/c1-31(2)23-19-7-5-6-8-20(19)29-24(30-23)26-16-9-11-17(12-10-16)27-25(32)28-18-13-14-21(33-3)22(15-18)34-4;3-2(4,5)1(6)7/h5-8,13-17H,9-12H2,1-4H3,(H,26,29,30)(H2,27,28,32);(H,6,7). The maximum atomic E-state index is 12.5. The Balaban J connectivity index is 0.000000587. The lowest BCUT2D eigenvalue weighted by Crippen LogP contribution is -2.42. The maximum absolute atomic E-state index is 12.5. The first-order valence-corrected chi connectivity index (χ1v) is 12.7. The van der Waals surface area contributed by atoms with Gasteiger partial charge in [-0.15, -0.1) is 0 Å². The SMILES string of the molecule is COc1ccc(NC(=O)NC2CCC(Nc3nc(N(C)C)c4ccccc4n3)CC2)cc1OC.O=C(O)C(F)(F)F. The summed E-state index contributed by atoms with van der Waals surface area (Å²) in [6.07, 6.45) is -1.47. The lowest BCUT2D eigenvalue weighted by molar-refractivity contribution is -0.192. The lowest BCUT2D eigenvalue weighted by atomic mass is 9.91. The number of methoxy groups -OCH3 is 2. The van der Waals surface area contributed by atoms with E-state index in [1.165, 1.54) is 0 Å². The summed E-state index contributed by atoms with van der Waals surface area (Å²) in [4.78, 5) is 32.8. The molecule has 14 heteroatoms. The molecule has 4 rings (SSSR count). The van der Waals surface area contributed by atoms with Crippen LogP contribution in [0, 0.1) is 0 Å². The molecule has 0 unspecified atom stereocenters. The molecular formula is C27H33F3N6O5. The fourth-order valence-electron chi connectivity index (χ4n) is 4.30. The number of benzene rings is 2.